The minimum absolute atomic E-state index is 0.0145. The summed E-state index contributed by atoms with van der Waals surface area (Å²) in [6.07, 6.45) is 18.6. The lowest BCUT2D eigenvalue weighted by Gasteiger charge is -2.09. The lowest BCUT2D eigenvalue weighted by atomic mass is 10.1. The maximum Gasteiger partial charge on any atom is 0.228 e. The summed E-state index contributed by atoms with van der Waals surface area (Å²) in [7, 11) is 0. The molecule has 3 rings (SSSR count). The Bertz CT molecular complexity index is 1080. The largest absolute Gasteiger partial charge is 0.494 e. The number of hydrogen-bond acceptors (Lipinski definition) is 3. The highest BCUT2D eigenvalue weighted by atomic mass is 32.1. The summed E-state index contributed by atoms with van der Waals surface area (Å²) >= 11 is 1.74. The number of hydrogen-bond donors (Lipinski definition) is 1. The van der Waals surface area contributed by atoms with E-state index in [0.717, 1.165) is 36.6 Å². The van der Waals surface area contributed by atoms with Gasteiger partial charge < -0.3 is 10.1 Å². The normalized spacial score (nSPS) is 11.0. The van der Waals surface area contributed by atoms with Gasteiger partial charge in [-0.2, -0.15) is 4.57 Å². The summed E-state index contributed by atoms with van der Waals surface area (Å²) in [4.78, 5) is 14.0. The van der Waals surface area contributed by atoms with E-state index in [0.29, 0.717) is 6.42 Å². The van der Waals surface area contributed by atoms with Crippen LogP contribution in [0.3, 0.4) is 0 Å². The number of rotatable bonds is 19. The van der Waals surface area contributed by atoms with Crippen LogP contribution in [0.15, 0.2) is 60.2 Å². The average Bonchev–Trinajstić information content (AvgIpc) is 3.31. The molecule has 0 radical (unpaired) electrons. The van der Waals surface area contributed by atoms with Gasteiger partial charge in [0.05, 0.1) is 17.9 Å². The monoisotopic (exact) mass is 535 g/mol. The molecule has 1 N–H and O–H groups in total. The molecule has 0 aliphatic rings. The molecule has 38 heavy (non-hydrogen) atoms. The van der Waals surface area contributed by atoms with Crippen LogP contribution in [0.25, 0.3) is 0 Å². The Labute approximate surface area is 234 Å². The molecule has 0 fully saturated rings. The highest BCUT2D eigenvalue weighted by molar-refractivity contribution is 7.09. The molecule has 1 amide bonds. The number of carbonyl (C=O) groups excluding carboxylic acids is 1. The summed E-state index contributed by atoms with van der Waals surface area (Å²) < 4.78 is 8.15. The van der Waals surface area contributed by atoms with Crippen LogP contribution in [-0.4, -0.2) is 12.5 Å². The van der Waals surface area contributed by atoms with Gasteiger partial charge in [0.25, 0.3) is 0 Å². The maximum absolute atomic E-state index is 12.7. The minimum Gasteiger partial charge on any atom is -0.494 e. The molecule has 2 aromatic carbocycles. The van der Waals surface area contributed by atoms with Crippen molar-refractivity contribution in [2.45, 2.75) is 104 Å². The molecular formula is C33H47N2O2S+. The lowest BCUT2D eigenvalue weighted by molar-refractivity contribution is -0.683. The van der Waals surface area contributed by atoms with Crippen molar-refractivity contribution in [2.24, 2.45) is 0 Å². The Morgan fingerprint density at radius 3 is 2.18 bits per heavy atom. The van der Waals surface area contributed by atoms with Crippen LogP contribution in [-0.2, 0) is 17.8 Å². The molecule has 4 nitrogen and oxygen atoms in total. The van der Waals surface area contributed by atoms with Gasteiger partial charge in [0.15, 0.2) is 12.7 Å². The van der Waals surface area contributed by atoms with Gasteiger partial charge in [-0.15, -0.1) is 0 Å². The van der Waals surface area contributed by atoms with Gasteiger partial charge in [0, 0.05) is 11.3 Å². The highest BCUT2D eigenvalue weighted by Gasteiger charge is 2.09. The molecule has 0 saturated carbocycles. The molecule has 1 heterocycles. The summed E-state index contributed by atoms with van der Waals surface area (Å²) in [6.45, 7) is 5.92. The first kappa shape index (κ1) is 29.9. The zero-order valence-corrected chi connectivity index (χ0v) is 24.4. The van der Waals surface area contributed by atoms with Crippen LogP contribution in [0.2, 0.25) is 0 Å². The molecular weight excluding hydrogens is 488 g/mol. The first-order chi connectivity index (χ1) is 18.6. The predicted octanol–water partition coefficient (Wildman–Crippen LogP) is 8.65. The zero-order valence-electron chi connectivity index (χ0n) is 23.6. The fourth-order valence-corrected chi connectivity index (χ4v) is 5.39. The third-order valence-corrected chi connectivity index (χ3v) is 7.68. The van der Waals surface area contributed by atoms with Crippen LogP contribution in [0.4, 0.5) is 5.69 Å². The van der Waals surface area contributed by atoms with Gasteiger partial charge in [-0.3, -0.25) is 4.79 Å². The molecule has 0 aliphatic carbocycles. The van der Waals surface area contributed by atoms with Gasteiger partial charge in [-0.25, -0.2) is 0 Å². The summed E-state index contributed by atoms with van der Waals surface area (Å²) in [6, 6.07) is 16.0. The SMILES string of the molecule is CCCCCCCCCCCCCCOc1cccc(CC(=O)Nc2cccc(C[n+]3csc(C)c3)c2)c1. The van der Waals surface area contributed by atoms with Crippen LogP contribution in [0, 0.1) is 6.92 Å². The van der Waals surface area contributed by atoms with Crippen molar-refractivity contribution in [3.05, 3.63) is 76.2 Å². The van der Waals surface area contributed by atoms with E-state index >= 15 is 0 Å². The number of carbonyl (C=O) groups is 1. The first-order valence-corrected chi connectivity index (χ1v) is 15.5. The van der Waals surface area contributed by atoms with Crippen LogP contribution < -0.4 is 14.6 Å². The van der Waals surface area contributed by atoms with E-state index in [4.69, 9.17) is 4.74 Å². The molecule has 0 unspecified atom stereocenters. The number of aryl methyl sites for hydroxylation is 1. The molecule has 0 atom stereocenters. The number of thiazole rings is 1. The van der Waals surface area contributed by atoms with Crippen molar-refractivity contribution >= 4 is 22.9 Å². The van der Waals surface area contributed by atoms with E-state index in [1.807, 2.05) is 42.5 Å². The number of nitrogens with one attached hydrogen (secondary N) is 1. The molecule has 0 spiro atoms. The molecule has 1 aromatic heterocycles. The lowest BCUT2D eigenvalue weighted by Crippen LogP contribution is -2.30. The van der Waals surface area contributed by atoms with E-state index in [1.165, 1.54) is 81.1 Å². The molecule has 0 aliphatic heterocycles. The fraction of sp³-hybridized carbons (Fsp3) is 0.515. The smallest absolute Gasteiger partial charge is 0.228 e. The van der Waals surface area contributed by atoms with E-state index in [-0.39, 0.29) is 5.91 Å². The van der Waals surface area contributed by atoms with Gasteiger partial charge in [-0.05, 0) is 43.2 Å². The highest BCUT2D eigenvalue weighted by Crippen LogP contribution is 2.17. The zero-order chi connectivity index (χ0) is 26.8. The Kier molecular flexibility index (Phi) is 14.0. The van der Waals surface area contributed by atoms with Gasteiger partial charge in [-0.1, -0.05) is 113 Å². The van der Waals surface area contributed by atoms with E-state index in [2.05, 4.69) is 41.5 Å². The van der Waals surface area contributed by atoms with Gasteiger partial charge in [0.2, 0.25) is 11.4 Å². The van der Waals surface area contributed by atoms with Crippen molar-refractivity contribution in [1.82, 2.24) is 0 Å². The van der Waals surface area contributed by atoms with Crippen molar-refractivity contribution in [2.75, 3.05) is 11.9 Å². The number of benzene rings is 2. The average molecular weight is 536 g/mol. The molecule has 5 heteroatoms. The van der Waals surface area contributed by atoms with Crippen LogP contribution in [0.1, 0.15) is 100.0 Å². The first-order valence-electron chi connectivity index (χ1n) is 14.7. The van der Waals surface area contributed by atoms with Gasteiger partial charge >= 0.3 is 0 Å². The molecule has 3 aromatic rings. The Balaban J connectivity index is 1.29. The van der Waals surface area contributed by atoms with E-state index in [9.17, 15) is 4.79 Å². The third kappa shape index (κ3) is 12.3. The quantitative estimate of drug-likeness (QED) is 0.123. The third-order valence-electron chi connectivity index (χ3n) is 6.83. The van der Waals surface area contributed by atoms with Gasteiger partial charge in [0.1, 0.15) is 5.75 Å². The summed E-state index contributed by atoms with van der Waals surface area (Å²) in [5.74, 6) is 0.836. The standard InChI is InChI=1S/C33H46N2O2S/c1-3-4-5-6-7-8-9-10-11-12-13-14-21-37-32-20-16-17-29(23-32)24-33(36)34-31-19-15-18-30(22-31)26-35-25-28(2)38-27-35/h15-20,22-23,25,27H,3-14,21,24,26H2,1-2H3/p+1. The molecule has 206 valence electrons. The van der Waals surface area contributed by atoms with Crippen molar-refractivity contribution in [3.63, 3.8) is 0 Å². The number of nitrogens with zero attached hydrogens (tertiary/aromatic N) is 1. The summed E-state index contributed by atoms with van der Waals surface area (Å²) in [5, 5.41) is 3.05. The number of anilines is 1. The Morgan fingerprint density at radius 1 is 0.842 bits per heavy atom. The van der Waals surface area contributed by atoms with E-state index < -0.39 is 0 Å². The molecule has 0 saturated heterocycles. The number of ether oxygens (including phenoxy) is 1. The van der Waals surface area contributed by atoms with Crippen molar-refractivity contribution in [1.29, 1.82) is 0 Å². The van der Waals surface area contributed by atoms with Crippen LogP contribution >= 0.6 is 11.3 Å². The fourth-order valence-electron chi connectivity index (χ4n) is 4.76. The second kappa shape index (κ2) is 17.8. The number of aromatic nitrogens is 1. The van der Waals surface area contributed by atoms with E-state index in [1.54, 1.807) is 11.3 Å². The van der Waals surface area contributed by atoms with Crippen molar-refractivity contribution in [3.8, 4) is 5.75 Å². The Morgan fingerprint density at radius 2 is 1.50 bits per heavy atom. The second-order valence-electron chi connectivity index (χ2n) is 10.4. The topological polar surface area (TPSA) is 42.2 Å². The molecule has 0 bridgehead atoms. The van der Waals surface area contributed by atoms with Crippen molar-refractivity contribution < 1.29 is 14.1 Å². The number of unbranched alkanes of at least 4 members (excludes halogenated alkanes) is 11. The maximum atomic E-state index is 12.7. The second-order valence-corrected chi connectivity index (χ2v) is 11.5. The van der Waals surface area contributed by atoms with Crippen LogP contribution in [0.5, 0.6) is 5.75 Å². The number of amides is 1. The predicted molar refractivity (Wildman–Crippen MR) is 160 cm³/mol. The summed E-state index contributed by atoms with van der Waals surface area (Å²) in [5.41, 5.74) is 5.08. The Hall–Kier alpha value is -2.66. The minimum atomic E-state index is -0.0145.